The van der Waals surface area contributed by atoms with Crippen molar-refractivity contribution in [2.75, 3.05) is 11.4 Å². The zero-order valence-corrected chi connectivity index (χ0v) is 8.47. The normalized spacial score (nSPS) is 9.00. The number of rotatable bonds is 3. The molecule has 0 radical (unpaired) electrons. The minimum atomic E-state index is 0.527. The van der Waals surface area contributed by atoms with E-state index >= 15 is 0 Å². The van der Waals surface area contributed by atoms with Gasteiger partial charge in [-0.2, -0.15) is 0 Å². The van der Waals surface area contributed by atoms with Crippen LogP contribution in [0.1, 0.15) is 0 Å². The first-order valence-electron chi connectivity index (χ1n) is 3.46. The van der Waals surface area contributed by atoms with Crippen LogP contribution in [0.25, 0.3) is 0 Å². The van der Waals surface area contributed by atoms with Crippen molar-refractivity contribution >= 4 is 27.5 Å². The first-order chi connectivity index (χ1) is 6.27. The molecule has 0 aliphatic rings. The van der Waals surface area contributed by atoms with E-state index < -0.39 is 0 Å². The topological polar surface area (TPSA) is 36.3 Å². The second-order valence-electron chi connectivity index (χ2n) is 2.25. The maximum Gasteiger partial charge on any atom is 0.292 e. The molecule has 13 heavy (non-hydrogen) atoms. The molecule has 3 nitrogen and oxygen atoms in total. The Balaban J connectivity index is 2.76. The fourth-order valence-corrected chi connectivity index (χ4v) is 1.26. The highest BCUT2D eigenvalue weighted by Crippen LogP contribution is 2.24. The first-order valence-corrected chi connectivity index (χ1v) is 5.06. The highest BCUT2D eigenvalue weighted by molar-refractivity contribution is 8.22. The Hall–Kier alpha value is -1.05. The van der Waals surface area contributed by atoms with Gasteiger partial charge in [-0.3, -0.25) is 0 Å². The van der Waals surface area contributed by atoms with E-state index in [-0.39, 0.29) is 0 Å². The van der Waals surface area contributed by atoms with E-state index in [0.717, 1.165) is 16.8 Å². The zero-order chi connectivity index (χ0) is 9.68. The maximum atomic E-state index is 8.24. The van der Waals surface area contributed by atoms with Crippen molar-refractivity contribution in [3.63, 3.8) is 0 Å². The van der Waals surface area contributed by atoms with Crippen LogP contribution in [0.5, 0.6) is 5.75 Å². The van der Waals surface area contributed by atoms with E-state index in [1.165, 1.54) is 0 Å². The van der Waals surface area contributed by atoms with Crippen LogP contribution in [0.2, 0.25) is 0 Å². The minimum absolute atomic E-state index is 0.527. The van der Waals surface area contributed by atoms with Crippen LogP contribution >= 0.6 is 21.8 Å². The number of nitriles is 1. The van der Waals surface area contributed by atoms with Gasteiger partial charge in [0, 0.05) is 12.7 Å². The van der Waals surface area contributed by atoms with Crippen molar-refractivity contribution < 1.29 is 4.74 Å². The molecule has 0 amide bonds. The van der Waals surface area contributed by atoms with Crippen LogP contribution in [0.15, 0.2) is 24.3 Å². The fraction of sp³-hybridized carbons (Fsp3) is 0.125. The van der Waals surface area contributed by atoms with Crippen molar-refractivity contribution in [3.05, 3.63) is 24.3 Å². The van der Waals surface area contributed by atoms with Crippen LogP contribution in [-0.4, -0.2) is 7.05 Å². The van der Waals surface area contributed by atoms with Crippen molar-refractivity contribution in [1.29, 1.82) is 5.26 Å². The molecule has 0 atom stereocenters. The lowest BCUT2D eigenvalue weighted by atomic mass is 10.3. The van der Waals surface area contributed by atoms with Gasteiger partial charge in [0.1, 0.15) is 5.75 Å². The molecule has 1 aromatic carbocycles. The third kappa shape index (κ3) is 2.72. The highest BCUT2D eigenvalue weighted by Gasteiger charge is 1.99. The van der Waals surface area contributed by atoms with Crippen molar-refractivity contribution in [2.45, 2.75) is 0 Å². The lowest BCUT2D eigenvalue weighted by Crippen LogP contribution is -2.02. The largest absolute Gasteiger partial charge is 0.388 e. The van der Waals surface area contributed by atoms with E-state index in [1.54, 1.807) is 22.7 Å². The van der Waals surface area contributed by atoms with E-state index in [0.29, 0.717) is 5.75 Å². The van der Waals surface area contributed by atoms with Crippen LogP contribution in [-0.2, 0) is 0 Å². The van der Waals surface area contributed by atoms with Gasteiger partial charge in [0.15, 0.2) is 0 Å². The van der Waals surface area contributed by atoms with Crippen LogP contribution < -0.4 is 9.04 Å². The molecule has 0 spiro atoms. The maximum absolute atomic E-state index is 8.24. The van der Waals surface area contributed by atoms with Crippen LogP contribution in [0.3, 0.4) is 0 Å². The lowest BCUT2D eigenvalue weighted by Gasteiger charge is -2.12. The summed E-state index contributed by atoms with van der Waals surface area (Å²) in [6, 6.07) is 7.06. The van der Waals surface area contributed by atoms with E-state index in [4.69, 9.17) is 15.9 Å². The third-order valence-corrected chi connectivity index (χ3v) is 2.51. The number of benzene rings is 1. The number of nitrogens with zero attached hydrogens (tertiary/aromatic N) is 2. The van der Waals surface area contributed by atoms with Gasteiger partial charge in [0.05, 0.1) is 11.2 Å². The molecule has 0 aromatic heterocycles. The molecule has 1 aromatic rings. The molecule has 0 unspecified atom stereocenters. The molecule has 0 aliphatic carbocycles. The van der Waals surface area contributed by atoms with Gasteiger partial charge in [-0.1, -0.05) is 0 Å². The Morgan fingerprint density at radius 2 is 2.08 bits per heavy atom. The molecule has 0 N–H and O–H groups in total. The molecular weight excluding hydrogens is 208 g/mol. The van der Waals surface area contributed by atoms with Gasteiger partial charge in [-0.15, -0.1) is 5.26 Å². The summed E-state index contributed by atoms with van der Waals surface area (Å²) in [4.78, 5) is 0. The Bertz CT molecular complexity index is 309. The van der Waals surface area contributed by atoms with E-state index in [1.807, 2.05) is 19.2 Å². The van der Waals surface area contributed by atoms with Gasteiger partial charge in [-0.05, 0) is 34.9 Å². The monoisotopic (exact) mass is 214 g/mol. The molecule has 5 heteroatoms. The fourth-order valence-electron chi connectivity index (χ4n) is 0.817. The molecule has 68 valence electrons. The standard InChI is InChI=1S/C8H7ClN2OS/c1-11(13-9)7-2-4-8(5-3-7)12-6-10/h2-5H,1H3. The summed E-state index contributed by atoms with van der Waals surface area (Å²) in [6.45, 7) is 0. The lowest BCUT2D eigenvalue weighted by molar-refractivity contribution is 0.507. The highest BCUT2D eigenvalue weighted by atomic mass is 35.7. The molecule has 0 heterocycles. The number of ether oxygens (including phenoxy) is 1. The quantitative estimate of drug-likeness (QED) is 0.573. The van der Waals surface area contributed by atoms with E-state index in [2.05, 4.69) is 4.74 Å². The van der Waals surface area contributed by atoms with E-state index in [9.17, 15) is 0 Å². The zero-order valence-electron chi connectivity index (χ0n) is 6.90. The molecule has 1 rings (SSSR count). The number of hydrogen-bond donors (Lipinski definition) is 0. The minimum Gasteiger partial charge on any atom is -0.388 e. The summed E-state index contributed by atoms with van der Waals surface area (Å²) in [6.07, 6.45) is 1.60. The average molecular weight is 215 g/mol. The third-order valence-electron chi connectivity index (χ3n) is 1.47. The Morgan fingerprint density at radius 3 is 2.54 bits per heavy atom. The second kappa shape index (κ2) is 4.85. The van der Waals surface area contributed by atoms with Crippen molar-refractivity contribution in [3.8, 4) is 12.0 Å². The van der Waals surface area contributed by atoms with Gasteiger partial charge in [-0.25, -0.2) is 0 Å². The van der Waals surface area contributed by atoms with Crippen LogP contribution in [0.4, 0.5) is 5.69 Å². The Labute approximate surface area is 85.5 Å². The summed E-state index contributed by atoms with van der Waals surface area (Å²) < 4.78 is 6.41. The van der Waals surface area contributed by atoms with Gasteiger partial charge in [0.2, 0.25) is 0 Å². The molecule has 0 fully saturated rings. The van der Waals surface area contributed by atoms with Gasteiger partial charge in [0.25, 0.3) is 6.26 Å². The molecule has 0 saturated carbocycles. The number of hydrogen-bond acceptors (Lipinski definition) is 4. The van der Waals surface area contributed by atoms with Gasteiger partial charge < -0.3 is 9.04 Å². The Kier molecular flexibility index (Phi) is 3.74. The molecule has 0 saturated heterocycles. The first kappa shape index (κ1) is 10.0. The summed E-state index contributed by atoms with van der Waals surface area (Å²) >= 11 is 1.10. The second-order valence-corrected chi connectivity index (χ2v) is 3.35. The number of halogens is 1. The summed E-state index contributed by atoms with van der Waals surface area (Å²) in [7, 11) is 7.39. The predicted octanol–water partition coefficient (Wildman–Crippen LogP) is 2.78. The van der Waals surface area contributed by atoms with Gasteiger partial charge >= 0.3 is 0 Å². The molecular formula is C8H7ClN2OS. The Morgan fingerprint density at radius 1 is 1.46 bits per heavy atom. The molecule has 0 aliphatic heterocycles. The summed E-state index contributed by atoms with van der Waals surface area (Å²) in [5, 5.41) is 8.24. The number of anilines is 1. The average Bonchev–Trinajstić information content (AvgIpc) is 2.18. The summed E-state index contributed by atoms with van der Waals surface area (Å²) in [5.74, 6) is 0.527. The summed E-state index contributed by atoms with van der Waals surface area (Å²) in [5.41, 5.74) is 0.949. The molecule has 0 bridgehead atoms. The smallest absolute Gasteiger partial charge is 0.292 e. The van der Waals surface area contributed by atoms with Crippen molar-refractivity contribution in [2.24, 2.45) is 0 Å². The predicted molar refractivity (Wildman–Crippen MR) is 54.5 cm³/mol. The van der Waals surface area contributed by atoms with Crippen molar-refractivity contribution in [1.82, 2.24) is 0 Å². The SMILES string of the molecule is CN(SCl)c1ccc(OC#N)cc1. The van der Waals surface area contributed by atoms with Crippen LogP contribution in [0, 0.1) is 11.5 Å².